The van der Waals surface area contributed by atoms with E-state index in [4.69, 9.17) is 5.73 Å². The normalized spacial score (nSPS) is 10.5. The Labute approximate surface area is 73.6 Å². The molecule has 0 aliphatic carbocycles. The maximum atomic E-state index is 12.0. The van der Waals surface area contributed by atoms with Crippen LogP contribution in [-0.4, -0.2) is 17.3 Å². The molecule has 0 saturated carbocycles. The van der Waals surface area contributed by atoms with Gasteiger partial charge in [-0.05, 0) is 12.1 Å². The molecule has 0 aliphatic heterocycles. The van der Waals surface area contributed by atoms with Gasteiger partial charge >= 0.3 is 0 Å². The molecule has 1 heterocycles. The minimum absolute atomic E-state index is 0.143. The van der Waals surface area contributed by atoms with Crippen LogP contribution in [0, 0.1) is 0 Å². The monoisotopic (exact) mass is 186 g/mol. The van der Waals surface area contributed by atoms with Gasteiger partial charge in [0.05, 0.1) is 6.54 Å². The lowest BCUT2D eigenvalue weighted by atomic mass is 10.2. The molecule has 2 N–H and O–H groups in total. The van der Waals surface area contributed by atoms with Crippen LogP contribution in [-0.2, 0) is 0 Å². The number of hydrogen-bond donors (Lipinski definition) is 1. The molecule has 0 radical (unpaired) electrons. The van der Waals surface area contributed by atoms with Gasteiger partial charge in [0.25, 0.3) is 6.43 Å². The Bertz CT molecular complexity index is 298. The lowest BCUT2D eigenvalue weighted by molar-refractivity contribution is 0.1000. The van der Waals surface area contributed by atoms with Gasteiger partial charge in [-0.15, -0.1) is 0 Å². The van der Waals surface area contributed by atoms with E-state index in [-0.39, 0.29) is 23.6 Å². The minimum Gasteiger partial charge on any atom is -0.324 e. The molecule has 0 spiro atoms. The highest BCUT2D eigenvalue weighted by Gasteiger charge is 2.09. The van der Waals surface area contributed by atoms with Gasteiger partial charge in [-0.1, -0.05) is 0 Å². The van der Waals surface area contributed by atoms with E-state index in [1.807, 2.05) is 0 Å². The smallest absolute Gasteiger partial charge is 0.280 e. The number of Topliss-reactive ketones (excluding diaryl/α,β-unsaturated/α-hetero) is 1. The first kappa shape index (κ1) is 9.73. The maximum absolute atomic E-state index is 12.0. The van der Waals surface area contributed by atoms with Crippen LogP contribution in [0.15, 0.2) is 18.3 Å². The third-order valence-corrected chi connectivity index (χ3v) is 1.52. The molecular weight excluding hydrogens is 178 g/mol. The molecule has 70 valence electrons. The van der Waals surface area contributed by atoms with E-state index in [1.165, 1.54) is 6.07 Å². The highest BCUT2D eigenvalue weighted by Crippen LogP contribution is 2.15. The summed E-state index contributed by atoms with van der Waals surface area (Å²) < 4.78 is 24.0. The number of halogens is 2. The molecule has 0 bridgehead atoms. The fourth-order valence-corrected chi connectivity index (χ4v) is 0.817. The number of carbonyl (C=O) groups is 1. The Morgan fingerprint density at radius 1 is 1.54 bits per heavy atom. The number of aromatic nitrogens is 1. The predicted molar refractivity (Wildman–Crippen MR) is 42.6 cm³/mol. The van der Waals surface area contributed by atoms with Crippen molar-refractivity contribution in [2.45, 2.75) is 6.43 Å². The van der Waals surface area contributed by atoms with E-state index in [0.717, 1.165) is 12.3 Å². The van der Waals surface area contributed by atoms with Crippen molar-refractivity contribution in [1.82, 2.24) is 4.98 Å². The molecular formula is C8H8F2N2O. The van der Waals surface area contributed by atoms with E-state index < -0.39 is 6.43 Å². The Kier molecular flexibility index (Phi) is 3.02. The van der Waals surface area contributed by atoms with Crippen molar-refractivity contribution in [2.75, 3.05) is 6.54 Å². The van der Waals surface area contributed by atoms with E-state index in [2.05, 4.69) is 4.98 Å². The number of ketones is 1. The molecule has 5 heteroatoms. The Hall–Kier alpha value is -1.36. The van der Waals surface area contributed by atoms with E-state index >= 15 is 0 Å². The highest BCUT2D eigenvalue weighted by molar-refractivity contribution is 5.97. The highest BCUT2D eigenvalue weighted by atomic mass is 19.3. The average molecular weight is 186 g/mol. The number of hydrogen-bond acceptors (Lipinski definition) is 3. The van der Waals surface area contributed by atoms with Gasteiger partial charge < -0.3 is 5.73 Å². The van der Waals surface area contributed by atoms with Crippen molar-refractivity contribution >= 4 is 5.78 Å². The number of carbonyl (C=O) groups excluding carboxylic acids is 1. The van der Waals surface area contributed by atoms with Crippen molar-refractivity contribution in [3.05, 3.63) is 29.6 Å². The van der Waals surface area contributed by atoms with Crippen LogP contribution < -0.4 is 5.73 Å². The van der Waals surface area contributed by atoms with E-state index in [0.29, 0.717) is 0 Å². The number of nitrogens with zero attached hydrogens (tertiary/aromatic N) is 1. The molecule has 3 nitrogen and oxygen atoms in total. The molecule has 0 aliphatic rings. The third-order valence-electron chi connectivity index (χ3n) is 1.52. The number of alkyl halides is 2. The van der Waals surface area contributed by atoms with Crippen LogP contribution in [0.4, 0.5) is 8.78 Å². The van der Waals surface area contributed by atoms with Crippen LogP contribution in [0.5, 0.6) is 0 Å². The molecule has 1 rings (SSSR count). The Balaban J connectivity index is 2.87. The molecule has 0 saturated heterocycles. The van der Waals surface area contributed by atoms with Gasteiger partial charge in [-0.2, -0.15) is 0 Å². The largest absolute Gasteiger partial charge is 0.324 e. The summed E-state index contributed by atoms with van der Waals surface area (Å²) in [6.07, 6.45) is -1.50. The van der Waals surface area contributed by atoms with Gasteiger partial charge in [0, 0.05) is 11.8 Å². The quantitative estimate of drug-likeness (QED) is 0.720. The van der Waals surface area contributed by atoms with Crippen LogP contribution >= 0.6 is 0 Å². The zero-order valence-corrected chi connectivity index (χ0v) is 6.71. The summed E-state index contributed by atoms with van der Waals surface area (Å²) in [4.78, 5) is 14.4. The standard InChI is InChI=1S/C8H8F2N2O/c9-8(10)6-2-1-5(4-12-6)7(13)3-11/h1-2,4,8H,3,11H2. The predicted octanol–water partition coefficient (Wildman–Crippen LogP) is 1.16. The lowest BCUT2D eigenvalue weighted by Gasteiger charge is -1.99. The third kappa shape index (κ3) is 2.29. The average Bonchev–Trinajstić information content (AvgIpc) is 2.17. The fourth-order valence-electron chi connectivity index (χ4n) is 0.817. The number of rotatable bonds is 3. The molecule has 0 atom stereocenters. The first-order valence-electron chi connectivity index (χ1n) is 3.62. The van der Waals surface area contributed by atoms with Crippen molar-refractivity contribution in [3.63, 3.8) is 0 Å². The number of pyridine rings is 1. The summed E-state index contributed by atoms with van der Waals surface area (Å²) in [7, 11) is 0. The van der Waals surface area contributed by atoms with Crippen molar-refractivity contribution in [1.29, 1.82) is 0 Å². The zero-order chi connectivity index (χ0) is 9.84. The topological polar surface area (TPSA) is 56.0 Å². The molecule has 0 amide bonds. The fraction of sp³-hybridized carbons (Fsp3) is 0.250. The second-order valence-electron chi connectivity index (χ2n) is 2.40. The van der Waals surface area contributed by atoms with Crippen LogP contribution in [0.25, 0.3) is 0 Å². The van der Waals surface area contributed by atoms with Crippen molar-refractivity contribution in [2.24, 2.45) is 5.73 Å². The molecule has 13 heavy (non-hydrogen) atoms. The maximum Gasteiger partial charge on any atom is 0.280 e. The zero-order valence-electron chi connectivity index (χ0n) is 6.71. The summed E-state index contributed by atoms with van der Waals surface area (Å²) in [6, 6.07) is 2.41. The van der Waals surface area contributed by atoms with Gasteiger partial charge in [-0.3, -0.25) is 9.78 Å². The molecule has 1 aromatic heterocycles. The van der Waals surface area contributed by atoms with Gasteiger partial charge in [-0.25, -0.2) is 8.78 Å². The molecule has 1 aromatic rings. The van der Waals surface area contributed by atoms with Gasteiger partial charge in [0.2, 0.25) is 0 Å². The summed E-state index contributed by atoms with van der Waals surface area (Å²) in [5.74, 6) is -0.312. The van der Waals surface area contributed by atoms with Crippen molar-refractivity contribution < 1.29 is 13.6 Å². The SMILES string of the molecule is NCC(=O)c1ccc(C(F)F)nc1. The summed E-state index contributed by atoms with van der Waals surface area (Å²) in [6.45, 7) is -0.143. The Morgan fingerprint density at radius 3 is 2.62 bits per heavy atom. The van der Waals surface area contributed by atoms with Crippen LogP contribution in [0.2, 0.25) is 0 Å². The molecule has 0 fully saturated rings. The number of nitrogens with two attached hydrogens (primary N) is 1. The summed E-state index contributed by atoms with van der Waals surface area (Å²) >= 11 is 0. The van der Waals surface area contributed by atoms with Gasteiger partial charge in [0.15, 0.2) is 5.78 Å². The molecule has 0 aromatic carbocycles. The first-order valence-corrected chi connectivity index (χ1v) is 3.62. The van der Waals surface area contributed by atoms with E-state index in [9.17, 15) is 13.6 Å². The summed E-state index contributed by atoms with van der Waals surface area (Å²) in [5.41, 5.74) is 4.99. The Morgan fingerprint density at radius 2 is 2.23 bits per heavy atom. The first-order chi connectivity index (χ1) is 6.15. The van der Waals surface area contributed by atoms with Crippen LogP contribution in [0.3, 0.4) is 0 Å². The lowest BCUT2D eigenvalue weighted by Crippen LogP contribution is -2.13. The second kappa shape index (κ2) is 4.04. The molecule has 0 unspecified atom stereocenters. The van der Waals surface area contributed by atoms with Gasteiger partial charge in [0.1, 0.15) is 5.69 Å². The van der Waals surface area contributed by atoms with Crippen LogP contribution in [0.1, 0.15) is 22.5 Å². The van der Waals surface area contributed by atoms with Crippen molar-refractivity contribution in [3.8, 4) is 0 Å². The summed E-state index contributed by atoms with van der Waals surface area (Å²) in [5, 5.41) is 0. The second-order valence-corrected chi connectivity index (χ2v) is 2.40. The minimum atomic E-state index is -2.61. The van der Waals surface area contributed by atoms with E-state index in [1.54, 1.807) is 0 Å².